The standard InChI is InChI=1S/C13H24F3N3O.C2HF3O2/c1-9-4-6-19(8-10(2)7-9)12(20)18-11(3-5-17)13(14,15)16;3-2(4,5)1(6)7/h9-11H,3-8,17H2,1-2H3,(H,18,20);(H,6,7). The number of carboxylic acids is 1. The van der Waals surface area contributed by atoms with Crippen LogP contribution in [0.15, 0.2) is 0 Å². The Morgan fingerprint density at radius 3 is 2.11 bits per heavy atom. The summed E-state index contributed by atoms with van der Waals surface area (Å²) >= 11 is 0. The van der Waals surface area contributed by atoms with Crippen molar-refractivity contribution in [2.75, 3.05) is 19.6 Å². The van der Waals surface area contributed by atoms with Crippen LogP contribution in [0.25, 0.3) is 0 Å². The molecule has 0 aromatic rings. The van der Waals surface area contributed by atoms with Crippen molar-refractivity contribution in [3.05, 3.63) is 0 Å². The molecule has 4 N–H and O–H groups in total. The lowest BCUT2D eigenvalue weighted by Crippen LogP contribution is -2.52. The van der Waals surface area contributed by atoms with Gasteiger partial charge in [-0.1, -0.05) is 13.8 Å². The summed E-state index contributed by atoms with van der Waals surface area (Å²) < 4.78 is 70.0. The summed E-state index contributed by atoms with van der Waals surface area (Å²) in [6.07, 6.45) is -8.02. The van der Waals surface area contributed by atoms with Gasteiger partial charge in [0.15, 0.2) is 0 Å². The molecule has 1 aliphatic heterocycles. The van der Waals surface area contributed by atoms with Crippen molar-refractivity contribution in [1.82, 2.24) is 10.2 Å². The van der Waals surface area contributed by atoms with Crippen LogP contribution in [0.5, 0.6) is 0 Å². The molecule has 2 amide bonds. The topological polar surface area (TPSA) is 95.7 Å². The maximum atomic E-state index is 12.8. The van der Waals surface area contributed by atoms with E-state index in [9.17, 15) is 31.1 Å². The first-order valence-electron chi connectivity index (χ1n) is 8.30. The van der Waals surface area contributed by atoms with Crippen molar-refractivity contribution in [3.63, 3.8) is 0 Å². The lowest BCUT2D eigenvalue weighted by molar-refractivity contribution is -0.192. The average Bonchev–Trinajstić information content (AvgIpc) is 2.66. The van der Waals surface area contributed by atoms with Gasteiger partial charge in [-0.15, -0.1) is 0 Å². The smallest absolute Gasteiger partial charge is 0.475 e. The molecule has 1 fully saturated rings. The second kappa shape index (κ2) is 10.6. The number of nitrogens with zero attached hydrogens (tertiary/aromatic N) is 1. The SMILES string of the molecule is CC1CCN(C(=O)NC(CCN)C(F)(F)F)CC(C)C1.O=C(O)C(F)(F)F. The summed E-state index contributed by atoms with van der Waals surface area (Å²) in [5, 5.41) is 9.20. The Balaban J connectivity index is 0.000000821. The van der Waals surface area contributed by atoms with E-state index in [1.807, 2.05) is 6.92 Å². The van der Waals surface area contributed by atoms with Crippen molar-refractivity contribution in [3.8, 4) is 0 Å². The summed E-state index contributed by atoms with van der Waals surface area (Å²) in [5.41, 5.74) is 5.18. The highest BCUT2D eigenvalue weighted by Gasteiger charge is 2.41. The molecule has 1 aliphatic rings. The van der Waals surface area contributed by atoms with Crippen LogP contribution >= 0.6 is 0 Å². The molecule has 160 valence electrons. The summed E-state index contributed by atoms with van der Waals surface area (Å²) in [5.74, 6) is -1.96. The third kappa shape index (κ3) is 10.3. The highest BCUT2D eigenvalue weighted by Crippen LogP contribution is 2.24. The largest absolute Gasteiger partial charge is 0.490 e. The van der Waals surface area contributed by atoms with Crippen LogP contribution in [-0.4, -0.2) is 60.0 Å². The minimum absolute atomic E-state index is 0.113. The van der Waals surface area contributed by atoms with Crippen LogP contribution < -0.4 is 11.1 Å². The van der Waals surface area contributed by atoms with Crippen molar-refractivity contribution in [2.24, 2.45) is 17.6 Å². The van der Waals surface area contributed by atoms with E-state index in [4.69, 9.17) is 15.6 Å². The van der Waals surface area contributed by atoms with Gasteiger partial charge in [0.2, 0.25) is 0 Å². The zero-order valence-corrected chi connectivity index (χ0v) is 15.0. The molecule has 0 bridgehead atoms. The highest BCUT2D eigenvalue weighted by atomic mass is 19.4. The Morgan fingerprint density at radius 2 is 1.70 bits per heavy atom. The Bertz CT molecular complexity index is 484. The van der Waals surface area contributed by atoms with E-state index in [2.05, 4.69) is 12.2 Å². The number of amides is 2. The summed E-state index contributed by atoms with van der Waals surface area (Å²) in [6, 6.07) is -2.50. The van der Waals surface area contributed by atoms with Gasteiger partial charge in [-0.25, -0.2) is 9.59 Å². The van der Waals surface area contributed by atoms with Crippen molar-refractivity contribution in [1.29, 1.82) is 0 Å². The predicted molar refractivity (Wildman–Crippen MR) is 84.9 cm³/mol. The molecule has 0 aromatic carbocycles. The van der Waals surface area contributed by atoms with Crippen LogP contribution in [0.1, 0.15) is 33.1 Å². The number of carbonyl (C=O) groups excluding carboxylic acids is 1. The minimum atomic E-state index is -5.08. The van der Waals surface area contributed by atoms with E-state index in [0.717, 1.165) is 12.8 Å². The first-order chi connectivity index (χ1) is 12.2. The van der Waals surface area contributed by atoms with Crippen LogP contribution in [-0.2, 0) is 4.79 Å². The molecule has 0 saturated carbocycles. The summed E-state index contributed by atoms with van der Waals surface area (Å²) in [6.45, 7) is 5.01. The van der Waals surface area contributed by atoms with Crippen LogP contribution in [0, 0.1) is 11.8 Å². The van der Waals surface area contributed by atoms with Gasteiger partial charge in [0.1, 0.15) is 6.04 Å². The zero-order valence-electron chi connectivity index (χ0n) is 15.0. The van der Waals surface area contributed by atoms with Gasteiger partial charge in [-0.05, 0) is 37.6 Å². The molecular formula is C15H25F6N3O3. The van der Waals surface area contributed by atoms with Gasteiger partial charge in [-0.3, -0.25) is 0 Å². The number of hydrogen-bond acceptors (Lipinski definition) is 3. The minimum Gasteiger partial charge on any atom is -0.475 e. The quantitative estimate of drug-likeness (QED) is 0.625. The van der Waals surface area contributed by atoms with Crippen LogP contribution in [0.2, 0.25) is 0 Å². The molecular weight excluding hydrogens is 384 g/mol. The van der Waals surface area contributed by atoms with E-state index < -0.39 is 30.4 Å². The fourth-order valence-corrected chi connectivity index (χ4v) is 2.63. The number of aliphatic carboxylic acids is 1. The molecule has 0 radical (unpaired) electrons. The normalized spacial score (nSPS) is 22.2. The second-order valence-electron chi connectivity index (χ2n) is 6.60. The lowest BCUT2D eigenvalue weighted by atomic mass is 9.97. The van der Waals surface area contributed by atoms with Crippen molar-refractivity contribution < 1.29 is 41.0 Å². The first kappa shape index (κ1) is 25.3. The van der Waals surface area contributed by atoms with E-state index in [0.29, 0.717) is 24.9 Å². The van der Waals surface area contributed by atoms with E-state index in [1.165, 1.54) is 4.90 Å². The number of carboxylic acid groups (broad SMARTS) is 1. The number of nitrogens with two attached hydrogens (primary N) is 1. The summed E-state index contributed by atoms with van der Waals surface area (Å²) in [4.78, 5) is 22.4. The third-order valence-electron chi connectivity index (χ3n) is 3.91. The molecule has 12 heteroatoms. The molecule has 27 heavy (non-hydrogen) atoms. The number of urea groups is 1. The monoisotopic (exact) mass is 409 g/mol. The molecule has 0 aliphatic carbocycles. The first-order valence-corrected chi connectivity index (χ1v) is 8.30. The van der Waals surface area contributed by atoms with Gasteiger partial charge in [0, 0.05) is 13.1 Å². The molecule has 3 atom stereocenters. The average molecular weight is 409 g/mol. The fraction of sp³-hybridized carbons (Fsp3) is 0.867. The molecule has 3 unspecified atom stereocenters. The van der Waals surface area contributed by atoms with Gasteiger partial charge < -0.3 is 21.1 Å². The molecule has 0 spiro atoms. The predicted octanol–water partition coefficient (Wildman–Crippen LogP) is 2.98. The molecule has 6 nitrogen and oxygen atoms in total. The van der Waals surface area contributed by atoms with Crippen LogP contribution in [0.4, 0.5) is 31.1 Å². The fourth-order valence-electron chi connectivity index (χ4n) is 2.63. The second-order valence-corrected chi connectivity index (χ2v) is 6.60. The van der Waals surface area contributed by atoms with Crippen molar-refractivity contribution >= 4 is 12.0 Å². The Morgan fingerprint density at radius 1 is 1.19 bits per heavy atom. The van der Waals surface area contributed by atoms with Crippen molar-refractivity contribution in [2.45, 2.75) is 51.5 Å². The molecule has 1 heterocycles. The van der Waals surface area contributed by atoms with E-state index in [1.54, 1.807) is 0 Å². The number of alkyl halides is 6. The molecule has 1 saturated heterocycles. The summed E-state index contributed by atoms with van der Waals surface area (Å²) in [7, 11) is 0. The third-order valence-corrected chi connectivity index (χ3v) is 3.91. The Kier molecular flexibility index (Phi) is 9.90. The Labute approximate surface area is 153 Å². The highest BCUT2D eigenvalue weighted by molar-refractivity contribution is 5.74. The molecule has 0 aromatic heterocycles. The number of likely N-dealkylation sites (tertiary alicyclic amines) is 1. The molecule has 1 rings (SSSR count). The van der Waals surface area contributed by atoms with E-state index >= 15 is 0 Å². The number of carbonyl (C=O) groups is 2. The van der Waals surface area contributed by atoms with Gasteiger partial charge >= 0.3 is 24.4 Å². The van der Waals surface area contributed by atoms with Crippen LogP contribution in [0.3, 0.4) is 0 Å². The van der Waals surface area contributed by atoms with Gasteiger partial charge in [0.05, 0.1) is 0 Å². The number of nitrogens with one attached hydrogen (secondary N) is 1. The maximum Gasteiger partial charge on any atom is 0.490 e. The Hall–Kier alpha value is -1.72. The number of halogens is 6. The number of rotatable bonds is 3. The van der Waals surface area contributed by atoms with Gasteiger partial charge in [0.25, 0.3) is 0 Å². The number of hydrogen-bond donors (Lipinski definition) is 3. The maximum absolute atomic E-state index is 12.8. The lowest BCUT2D eigenvalue weighted by Gasteiger charge is -2.27. The van der Waals surface area contributed by atoms with E-state index in [-0.39, 0.29) is 13.0 Å². The van der Waals surface area contributed by atoms with Gasteiger partial charge in [-0.2, -0.15) is 26.3 Å². The zero-order chi connectivity index (χ0) is 21.4.